The molecule has 2 rings (SSSR count). The van der Waals surface area contributed by atoms with Crippen molar-refractivity contribution in [3.8, 4) is 11.5 Å². The Morgan fingerprint density at radius 2 is 1.67 bits per heavy atom. The molecule has 3 atom stereocenters. The highest BCUT2D eigenvalue weighted by Gasteiger charge is 2.24. The fourth-order valence-electron chi connectivity index (χ4n) is 2.84. The fraction of sp³-hybridized carbons (Fsp3) is 0.400. The van der Waals surface area contributed by atoms with Gasteiger partial charge in [-0.3, -0.25) is 4.57 Å². The number of hydrogen-bond donors (Lipinski definition) is 3. The van der Waals surface area contributed by atoms with E-state index in [2.05, 4.69) is 5.32 Å². The number of aliphatic hydroxyl groups excluding tert-OH is 1. The number of aliphatic hydroxyl groups is 1. The molecule has 0 radical (unpaired) electrons. The summed E-state index contributed by atoms with van der Waals surface area (Å²) in [6, 6.07) is 14.6. The molecule has 2 aromatic carbocycles. The van der Waals surface area contributed by atoms with E-state index in [4.69, 9.17) is 9.47 Å². The van der Waals surface area contributed by atoms with Crippen LogP contribution in [0.4, 0.5) is 0 Å². The fourth-order valence-corrected chi connectivity index (χ4v) is 4.54. The zero-order valence-electron chi connectivity index (χ0n) is 16.0. The van der Waals surface area contributed by atoms with Crippen molar-refractivity contribution >= 4 is 7.37 Å². The molecule has 27 heavy (non-hydrogen) atoms. The number of rotatable bonds is 10. The summed E-state index contributed by atoms with van der Waals surface area (Å²) in [6.45, 7) is 2.16. The minimum atomic E-state index is -3.46. The van der Waals surface area contributed by atoms with Crippen molar-refractivity contribution in [1.82, 2.24) is 5.32 Å². The van der Waals surface area contributed by atoms with Gasteiger partial charge in [-0.05, 0) is 30.2 Å². The molecule has 3 N–H and O–H groups in total. The Kier molecular flexibility index (Phi) is 7.87. The van der Waals surface area contributed by atoms with E-state index >= 15 is 0 Å². The van der Waals surface area contributed by atoms with Crippen LogP contribution < -0.4 is 14.8 Å². The molecule has 6 nitrogen and oxygen atoms in total. The van der Waals surface area contributed by atoms with Gasteiger partial charge in [0, 0.05) is 24.8 Å². The van der Waals surface area contributed by atoms with Crippen molar-refractivity contribution in [3.63, 3.8) is 0 Å². The SMILES string of the molecule is COc1cc(OC)cc(C(C)NC[C@H](O)CP(=O)(O)Cc2ccccc2)c1. The van der Waals surface area contributed by atoms with Gasteiger partial charge in [-0.2, -0.15) is 0 Å². The van der Waals surface area contributed by atoms with Crippen LogP contribution in [0.25, 0.3) is 0 Å². The normalized spacial score (nSPS) is 15.6. The molecule has 0 fully saturated rings. The monoisotopic (exact) mass is 393 g/mol. The zero-order valence-corrected chi connectivity index (χ0v) is 16.9. The van der Waals surface area contributed by atoms with E-state index in [1.807, 2.05) is 49.4 Å². The van der Waals surface area contributed by atoms with Gasteiger partial charge in [0.25, 0.3) is 0 Å². The third-order valence-corrected chi connectivity index (χ3v) is 6.15. The van der Waals surface area contributed by atoms with E-state index in [1.165, 1.54) is 0 Å². The summed E-state index contributed by atoms with van der Waals surface area (Å²) in [7, 11) is -0.279. The Bertz CT molecular complexity index is 746. The van der Waals surface area contributed by atoms with Crippen LogP contribution in [-0.2, 0) is 10.7 Å². The molecular weight excluding hydrogens is 365 g/mol. The first kappa shape index (κ1) is 21.5. The molecule has 0 amide bonds. The third kappa shape index (κ3) is 7.00. The Morgan fingerprint density at radius 3 is 2.22 bits per heavy atom. The van der Waals surface area contributed by atoms with Crippen LogP contribution in [0.15, 0.2) is 48.5 Å². The average molecular weight is 393 g/mol. The second-order valence-electron chi connectivity index (χ2n) is 6.60. The molecule has 2 aromatic rings. The molecule has 0 aliphatic rings. The molecule has 0 bridgehead atoms. The van der Waals surface area contributed by atoms with E-state index < -0.39 is 13.5 Å². The maximum atomic E-state index is 12.4. The lowest BCUT2D eigenvalue weighted by atomic mass is 10.1. The molecule has 148 valence electrons. The quantitative estimate of drug-likeness (QED) is 0.538. The molecule has 0 aliphatic carbocycles. The maximum absolute atomic E-state index is 12.4. The Balaban J connectivity index is 1.90. The van der Waals surface area contributed by atoms with E-state index in [9.17, 15) is 14.6 Å². The van der Waals surface area contributed by atoms with E-state index in [0.717, 1.165) is 11.1 Å². The predicted molar refractivity (Wildman–Crippen MR) is 107 cm³/mol. The Labute approximate surface area is 160 Å². The van der Waals surface area contributed by atoms with Crippen molar-refractivity contribution in [2.24, 2.45) is 0 Å². The van der Waals surface area contributed by atoms with Crippen LogP contribution in [-0.4, -0.2) is 43.0 Å². The standard InChI is InChI=1S/C20H28NO5P/c1-15(17-9-19(25-2)11-20(10-17)26-3)21-12-18(22)14-27(23,24)13-16-7-5-4-6-8-16/h4-11,15,18,21-22H,12-14H2,1-3H3,(H,23,24)/t15?,18-/m0/s1. The summed E-state index contributed by atoms with van der Waals surface area (Å²) < 4.78 is 22.9. The zero-order chi connectivity index (χ0) is 19.9. The van der Waals surface area contributed by atoms with E-state index in [0.29, 0.717) is 11.5 Å². The van der Waals surface area contributed by atoms with Crippen molar-refractivity contribution in [2.45, 2.75) is 25.2 Å². The van der Waals surface area contributed by atoms with Crippen LogP contribution in [0.1, 0.15) is 24.1 Å². The Hall–Kier alpha value is -1.85. The van der Waals surface area contributed by atoms with E-state index in [-0.39, 0.29) is 24.9 Å². The number of methoxy groups -OCH3 is 2. The third-order valence-electron chi connectivity index (χ3n) is 4.30. The largest absolute Gasteiger partial charge is 0.497 e. The molecule has 0 aromatic heterocycles. The number of benzene rings is 2. The van der Waals surface area contributed by atoms with Crippen molar-refractivity contribution in [3.05, 3.63) is 59.7 Å². The first-order valence-electron chi connectivity index (χ1n) is 8.82. The van der Waals surface area contributed by atoms with Gasteiger partial charge in [0.15, 0.2) is 0 Å². The summed E-state index contributed by atoms with van der Waals surface area (Å²) in [5.41, 5.74) is 1.73. The first-order chi connectivity index (χ1) is 12.8. The van der Waals surface area contributed by atoms with Gasteiger partial charge in [-0.15, -0.1) is 0 Å². The molecule has 0 aliphatic heterocycles. The lowest BCUT2D eigenvalue weighted by Gasteiger charge is -2.20. The number of hydrogen-bond acceptors (Lipinski definition) is 5. The second-order valence-corrected chi connectivity index (χ2v) is 8.98. The molecule has 0 saturated heterocycles. The highest BCUT2D eigenvalue weighted by Crippen LogP contribution is 2.44. The lowest BCUT2D eigenvalue weighted by Crippen LogP contribution is -2.31. The molecule has 0 heterocycles. The van der Waals surface area contributed by atoms with Crippen LogP contribution >= 0.6 is 7.37 Å². The van der Waals surface area contributed by atoms with Gasteiger partial charge in [-0.25, -0.2) is 0 Å². The predicted octanol–water partition coefficient (Wildman–Crippen LogP) is 3.19. The van der Waals surface area contributed by atoms with Crippen molar-refractivity contribution in [1.29, 1.82) is 0 Å². The average Bonchev–Trinajstić information content (AvgIpc) is 2.65. The minimum Gasteiger partial charge on any atom is -0.497 e. The van der Waals surface area contributed by atoms with Gasteiger partial charge < -0.3 is 24.8 Å². The smallest absolute Gasteiger partial charge is 0.207 e. The number of nitrogens with one attached hydrogen (secondary N) is 1. The second kappa shape index (κ2) is 9.90. The van der Waals surface area contributed by atoms with Gasteiger partial charge in [-0.1, -0.05) is 30.3 Å². The molecule has 7 heteroatoms. The number of ether oxygens (including phenoxy) is 2. The van der Waals surface area contributed by atoms with Gasteiger partial charge in [0.05, 0.1) is 26.5 Å². The summed E-state index contributed by atoms with van der Waals surface area (Å²) in [5, 5.41) is 13.4. The lowest BCUT2D eigenvalue weighted by molar-refractivity contribution is 0.186. The van der Waals surface area contributed by atoms with Crippen LogP contribution in [0.3, 0.4) is 0 Å². The first-order valence-corrected chi connectivity index (χ1v) is 10.8. The van der Waals surface area contributed by atoms with Gasteiger partial charge in [0.2, 0.25) is 7.37 Å². The summed E-state index contributed by atoms with van der Waals surface area (Å²) in [4.78, 5) is 10.2. The summed E-state index contributed by atoms with van der Waals surface area (Å²) in [6.07, 6.45) is -1.00. The molecule has 0 spiro atoms. The van der Waals surface area contributed by atoms with E-state index in [1.54, 1.807) is 20.3 Å². The molecular formula is C20H28NO5P. The summed E-state index contributed by atoms with van der Waals surface area (Å²) in [5.74, 6) is 1.36. The van der Waals surface area contributed by atoms with Gasteiger partial charge >= 0.3 is 0 Å². The topological polar surface area (TPSA) is 88.0 Å². The van der Waals surface area contributed by atoms with Crippen LogP contribution in [0, 0.1) is 0 Å². The van der Waals surface area contributed by atoms with Crippen molar-refractivity contribution in [2.75, 3.05) is 26.9 Å². The van der Waals surface area contributed by atoms with Crippen LogP contribution in [0.2, 0.25) is 0 Å². The highest BCUT2D eigenvalue weighted by atomic mass is 31.2. The summed E-state index contributed by atoms with van der Waals surface area (Å²) >= 11 is 0. The molecule has 2 unspecified atom stereocenters. The highest BCUT2D eigenvalue weighted by molar-refractivity contribution is 7.57. The van der Waals surface area contributed by atoms with Gasteiger partial charge in [0.1, 0.15) is 11.5 Å². The Morgan fingerprint density at radius 1 is 1.07 bits per heavy atom. The van der Waals surface area contributed by atoms with Crippen molar-refractivity contribution < 1.29 is 24.0 Å². The maximum Gasteiger partial charge on any atom is 0.207 e. The van der Waals surface area contributed by atoms with Crippen LogP contribution in [0.5, 0.6) is 11.5 Å². The minimum absolute atomic E-state index is 0.0630. The molecule has 0 saturated carbocycles.